The van der Waals surface area contributed by atoms with Crippen molar-refractivity contribution in [3.8, 4) is 11.5 Å². The average Bonchev–Trinajstić information content (AvgIpc) is 2.86. The summed E-state index contributed by atoms with van der Waals surface area (Å²) >= 11 is 0. The van der Waals surface area contributed by atoms with Crippen LogP contribution >= 0.6 is 0 Å². The molecule has 35 heavy (non-hydrogen) atoms. The number of rotatable bonds is 9. The van der Waals surface area contributed by atoms with Gasteiger partial charge in [0.15, 0.2) is 0 Å². The second-order valence-electron chi connectivity index (χ2n) is 7.75. The Morgan fingerprint density at radius 2 is 1.34 bits per heavy atom. The van der Waals surface area contributed by atoms with Crippen molar-refractivity contribution in [2.75, 3.05) is 5.32 Å². The van der Waals surface area contributed by atoms with Gasteiger partial charge in [0.05, 0.1) is 4.90 Å². The molecule has 0 fully saturated rings. The Hall–Kier alpha value is -4.01. The number of carbonyl (C=O) groups is 1. The molecule has 0 aliphatic carbocycles. The molecule has 0 aromatic heterocycles. The second-order valence-corrected chi connectivity index (χ2v) is 9.46. The maximum atomic E-state index is 13.3. The SMILES string of the molecule is O=C(Nc1ccc(Oc2ccccc2)cc1)[C@H](Cc1ccccc1)NS(=O)(=O)c1ccc(F)cc1. The molecule has 2 N–H and O–H groups in total. The molecule has 4 aromatic rings. The summed E-state index contributed by atoms with van der Waals surface area (Å²) in [5.41, 5.74) is 1.26. The number of hydrogen-bond acceptors (Lipinski definition) is 4. The molecule has 0 saturated heterocycles. The fraction of sp³-hybridized carbons (Fsp3) is 0.0741. The first-order chi connectivity index (χ1) is 16.9. The molecule has 1 atom stereocenters. The number of amides is 1. The molecule has 4 rings (SSSR count). The van der Waals surface area contributed by atoms with Gasteiger partial charge >= 0.3 is 0 Å². The van der Waals surface area contributed by atoms with E-state index in [9.17, 15) is 17.6 Å². The summed E-state index contributed by atoms with van der Waals surface area (Å²) in [4.78, 5) is 13.0. The lowest BCUT2D eigenvalue weighted by Gasteiger charge is -2.19. The fourth-order valence-electron chi connectivity index (χ4n) is 3.37. The summed E-state index contributed by atoms with van der Waals surface area (Å²) in [7, 11) is -4.07. The Morgan fingerprint density at radius 3 is 1.97 bits per heavy atom. The van der Waals surface area contributed by atoms with Crippen LogP contribution < -0.4 is 14.8 Å². The minimum absolute atomic E-state index is 0.127. The van der Waals surface area contributed by atoms with Crippen molar-refractivity contribution in [3.05, 3.63) is 121 Å². The van der Waals surface area contributed by atoms with E-state index in [1.54, 1.807) is 24.3 Å². The van der Waals surface area contributed by atoms with E-state index in [0.717, 1.165) is 29.8 Å². The van der Waals surface area contributed by atoms with Crippen molar-refractivity contribution in [1.82, 2.24) is 4.72 Å². The zero-order valence-corrected chi connectivity index (χ0v) is 19.4. The highest BCUT2D eigenvalue weighted by molar-refractivity contribution is 7.89. The van der Waals surface area contributed by atoms with Crippen molar-refractivity contribution in [2.24, 2.45) is 0 Å². The first-order valence-corrected chi connectivity index (χ1v) is 12.3. The van der Waals surface area contributed by atoms with Crippen LogP contribution in [0, 0.1) is 5.82 Å². The number of nitrogens with one attached hydrogen (secondary N) is 2. The highest BCUT2D eigenvalue weighted by Crippen LogP contribution is 2.23. The van der Waals surface area contributed by atoms with Gasteiger partial charge in [-0.05, 0) is 72.6 Å². The number of hydrogen-bond donors (Lipinski definition) is 2. The third-order valence-electron chi connectivity index (χ3n) is 5.12. The molecule has 0 aliphatic heterocycles. The number of para-hydroxylation sites is 1. The van der Waals surface area contributed by atoms with Gasteiger partial charge in [0.1, 0.15) is 23.4 Å². The molecular weight excluding hydrogens is 467 g/mol. The van der Waals surface area contributed by atoms with Gasteiger partial charge in [-0.3, -0.25) is 4.79 Å². The zero-order chi connectivity index (χ0) is 24.7. The van der Waals surface area contributed by atoms with Crippen LogP contribution in [-0.4, -0.2) is 20.4 Å². The lowest BCUT2D eigenvalue weighted by molar-refractivity contribution is -0.117. The Balaban J connectivity index is 1.50. The predicted molar refractivity (Wildman–Crippen MR) is 132 cm³/mol. The lowest BCUT2D eigenvalue weighted by Crippen LogP contribution is -2.45. The predicted octanol–water partition coefficient (Wildman–Crippen LogP) is 5.15. The van der Waals surface area contributed by atoms with Gasteiger partial charge in [0, 0.05) is 5.69 Å². The fourth-order valence-corrected chi connectivity index (χ4v) is 4.56. The van der Waals surface area contributed by atoms with Crippen LogP contribution in [0.15, 0.2) is 114 Å². The van der Waals surface area contributed by atoms with Gasteiger partial charge in [0.25, 0.3) is 0 Å². The topological polar surface area (TPSA) is 84.5 Å². The minimum Gasteiger partial charge on any atom is -0.457 e. The summed E-state index contributed by atoms with van der Waals surface area (Å²) in [5, 5.41) is 2.76. The molecular formula is C27H23FN2O4S. The smallest absolute Gasteiger partial charge is 0.242 e. The normalized spacial score (nSPS) is 12.0. The molecule has 0 aliphatic rings. The van der Waals surface area contributed by atoms with Gasteiger partial charge in [0.2, 0.25) is 15.9 Å². The molecule has 0 saturated carbocycles. The number of benzene rings is 4. The Morgan fingerprint density at radius 1 is 0.771 bits per heavy atom. The van der Waals surface area contributed by atoms with Crippen LogP contribution in [-0.2, 0) is 21.2 Å². The zero-order valence-electron chi connectivity index (χ0n) is 18.6. The van der Waals surface area contributed by atoms with Crippen molar-refractivity contribution in [2.45, 2.75) is 17.4 Å². The van der Waals surface area contributed by atoms with Crippen molar-refractivity contribution >= 4 is 21.6 Å². The Labute approximate surface area is 203 Å². The minimum atomic E-state index is -4.07. The highest BCUT2D eigenvalue weighted by Gasteiger charge is 2.26. The van der Waals surface area contributed by atoms with Crippen molar-refractivity contribution in [1.29, 1.82) is 0 Å². The summed E-state index contributed by atoms with van der Waals surface area (Å²) in [6.07, 6.45) is 0.127. The van der Waals surface area contributed by atoms with Crippen LogP contribution in [0.3, 0.4) is 0 Å². The first-order valence-electron chi connectivity index (χ1n) is 10.8. The number of anilines is 1. The largest absolute Gasteiger partial charge is 0.457 e. The van der Waals surface area contributed by atoms with Crippen LogP contribution in [0.5, 0.6) is 11.5 Å². The van der Waals surface area contributed by atoms with E-state index in [-0.39, 0.29) is 11.3 Å². The molecule has 178 valence electrons. The number of ether oxygens (including phenoxy) is 1. The standard InChI is InChI=1S/C27H23FN2O4S/c28-21-11-17-25(18-12-21)35(32,33)30-26(19-20-7-3-1-4-8-20)27(31)29-22-13-15-24(16-14-22)34-23-9-5-2-6-10-23/h1-18,26,30H,19H2,(H,29,31)/t26-/m0/s1. The van der Waals surface area contributed by atoms with E-state index < -0.39 is 27.8 Å². The van der Waals surface area contributed by atoms with E-state index in [1.165, 1.54) is 0 Å². The lowest BCUT2D eigenvalue weighted by atomic mass is 10.1. The maximum Gasteiger partial charge on any atom is 0.242 e. The number of sulfonamides is 1. The van der Waals surface area contributed by atoms with E-state index in [1.807, 2.05) is 60.7 Å². The molecule has 0 heterocycles. The van der Waals surface area contributed by atoms with E-state index >= 15 is 0 Å². The van der Waals surface area contributed by atoms with Gasteiger partial charge < -0.3 is 10.1 Å². The van der Waals surface area contributed by atoms with Gasteiger partial charge in [-0.25, -0.2) is 12.8 Å². The molecule has 0 unspecified atom stereocenters. The molecule has 0 radical (unpaired) electrons. The molecule has 0 spiro atoms. The third kappa shape index (κ3) is 6.75. The highest BCUT2D eigenvalue weighted by atomic mass is 32.2. The summed E-state index contributed by atoms with van der Waals surface area (Å²) in [5.74, 6) is 0.188. The molecule has 6 nitrogen and oxygen atoms in total. The van der Waals surface area contributed by atoms with Crippen LogP contribution in [0.25, 0.3) is 0 Å². The van der Waals surface area contributed by atoms with E-state index in [2.05, 4.69) is 10.0 Å². The monoisotopic (exact) mass is 490 g/mol. The van der Waals surface area contributed by atoms with Gasteiger partial charge in [-0.1, -0.05) is 48.5 Å². The first kappa shape index (κ1) is 24.1. The quantitative estimate of drug-likeness (QED) is 0.340. The number of carbonyl (C=O) groups excluding carboxylic acids is 1. The van der Waals surface area contributed by atoms with Gasteiger partial charge in [-0.2, -0.15) is 4.72 Å². The molecule has 8 heteroatoms. The van der Waals surface area contributed by atoms with E-state index in [0.29, 0.717) is 17.2 Å². The third-order valence-corrected chi connectivity index (χ3v) is 6.61. The Bertz CT molecular complexity index is 1360. The van der Waals surface area contributed by atoms with Crippen LogP contribution in [0.1, 0.15) is 5.56 Å². The Kier molecular flexibility index (Phi) is 7.54. The summed E-state index contributed by atoms with van der Waals surface area (Å²) in [6.45, 7) is 0. The molecule has 4 aromatic carbocycles. The van der Waals surface area contributed by atoms with Crippen LogP contribution in [0.4, 0.5) is 10.1 Å². The number of halogens is 1. The van der Waals surface area contributed by atoms with Crippen LogP contribution in [0.2, 0.25) is 0 Å². The summed E-state index contributed by atoms with van der Waals surface area (Å²) < 4.78 is 47.2. The van der Waals surface area contributed by atoms with E-state index in [4.69, 9.17) is 4.74 Å². The molecule has 1 amide bonds. The average molecular weight is 491 g/mol. The van der Waals surface area contributed by atoms with Crippen molar-refractivity contribution in [3.63, 3.8) is 0 Å². The second kappa shape index (κ2) is 10.9. The van der Waals surface area contributed by atoms with Gasteiger partial charge in [-0.15, -0.1) is 0 Å². The van der Waals surface area contributed by atoms with Crippen molar-refractivity contribution < 1.29 is 22.3 Å². The molecule has 0 bridgehead atoms. The maximum absolute atomic E-state index is 13.3. The summed E-state index contributed by atoms with van der Waals surface area (Å²) in [6, 6.07) is 28.4.